The molecule has 0 fully saturated rings. The van der Waals surface area contributed by atoms with Crippen LogP contribution in [-0.4, -0.2) is 17.2 Å². The van der Waals surface area contributed by atoms with Crippen LogP contribution in [0.1, 0.15) is 19.4 Å². The fourth-order valence-corrected chi connectivity index (χ4v) is 1.27. The number of hydrogen-bond donors (Lipinski definition) is 1. The van der Waals surface area contributed by atoms with Gasteiger partial charge in [0, 0.05) is 5.57 Å². The maximum Gasteiger partial charge on any atom is 0.331 e. The quantitative estimate of drug-likeness (QED) is 0.776. The lowest BCUT2D eigenvalue weighted by Gasteiger charge is -2.09. The second kappa shape index (κ2) is 6.08. The van der Waals surface area contributed by atoms with E-state index >= 15 is 0 Å². The summed E-state index contributed by atoms with van der Waals surface area (Å²) in [5.41, 5.74) is 1.39. The molecule has 0 aliphatic heterocycles. The average molecular weight is 220 g/mol. The lowest BCUT2D eigenvalue weighted by atomic mass is 10.2. The van der Waals surface area contributed by atoms with Gasteiger partial charge in [0.15, 0.2) is 0 Å². The molecule has 0 unspecified atom stereocenters. The molecular formula is C13H16O3. The van der Waals surface area contributed by atoms with Crippen molar-refractivity contribution < 1.29 is 14.6 Å². The summed E-state index contributed by atoms with van der Waals surface area (Å²) in [4.78, 5) is 10.6. The highest BCUT2D eigenvalue weighted by atomic mass is 16.5. The molecule has 0 heterocycles. The number of carboxylic acids is 1. The fraction of sp³-hybridized carbons (Fsp3) is 0.308. The van der Waals surface area contributed by atoms with Crippen molar-refractivity contribution in [3.63, 3.8) is 0 Å². The van der Waals surface area contributed by atoms with Gasteiger partial charge in [-0.3, -0.25) is 0 Å². The van der Waals surface area contributed by atoms with Crippen molar-refractivity contribution in [2.75, 3.05) is 0 Å². The zero-order valence-corrected chi connectivity index (χ0v) is 9.51. The monoisotopic (exact) mass is 220 g/mol. The second-order valence-electron chi connectivity index (χ2n) is 3.66. The molecule has 0 spiro atoms. The van der Waals surface area contributed by atoms with Crippen LogP contribution in [0.15, 0.2) is 42.0 Å². The molecule has 0 aliphatic carbocycles. The molecule has 1 N–H and O–H groups in total. The van der Waals surface area contributed by atoms with Crippen LogP contribution in [0.2, 0.25) is 0 Å². The third-order valence-corrected chi connectivity index (χ3v) is 2.18. The normalized spacial score (nSPS) is 13.5. The Morgan fingerprint density at radius 2 is 2.06 bits per heavy atom. The molecule has 0 amide bonds. The third-order valence-electron chi connectivity index (χ3n) is 2.18. The van der Waals surface area contributed by atoms with Crippen molar-refractivity contribution in [1.29, 1.82) is 0 Å². The Bertz CT molecular complexity index is 368. The first-order chi connectivity index (χ1) is 7.59. The summed E-state index contributed by atoms with van der Waals surface area (Å²) in [6, 6.07) is 9.78. The van der Waals surface area contributed by atoms with Crippen LogP contribution in [0.3, 0.4) is 0 Å². The van der Waals surface area contributed by atoms with E-state index in [0.29, 0.717) is 12.2 Å². The molecular weight excluding hydrogens is 204 g/mol. The summed E-state index contributed by atoms with van der Waals surface area (Å²) in [6.07, 6.45) is 1.40. The highest BCUT2D eigenvalue weighted by molar-refractivity contribution is 5.85. The van der Waals surface area contributed by atoms with Crippen molar-refractivity contribution in [3.05, 3.63) is 47.5 Å². The van der Waals surface area contributed by atoms with E-state index in [9.17, 15) is 4.79 Å². The first-order valence-electron chi connectivity index (χ1n) is 5.17. The molecule has 16 heavy (non-hydrogen) atoms. The molecule has 0 saturated carbocycles. The van der Waals surface area contributed by atoms with Gasteiger partial charge < -0.3 is 9.84 Å². The van der Waals surface area contributed by atoms with E-state index < -0.39 is 5.97 Å². The summed E-state index contributed by atoms with van der Waals surface area (Å²) in [5.74, 6) is -0.907. The van der Waals surface area contributed by atoms with Crippen LogP contribution in [0.4, 0.5) is 0 Å². The Morgan fingerprint density at radius 3 is 2.62 bits per heavy atom. The summed E-state index contributed by atoms with van der Waals surface area (Å²) in [7, 11) is 0. The van der Waals surface area contributed by atoms with Crippen molar-refractivity contribution in [1.82, 2.24) is 0 Å². The van der Waals surface area contributed by atoms with E-state index in [0.717, 1.165) is 5.56 Å². The van der Waals surface area contributed by atoms with Crippen LogP contribution < -0.4 is 0 Å². The van der Waals surface area contributed by atoms with Gasteiger partial charge in [0.25, 0.3) is 0 Å². The Labute approximate surface area is 95.4 Å². The minimum absolute atomic E-state index is 0.198. The molecule has 1 rings (SSSR count). The summed E-state index contributed by atoms with van der Waals surface area (Å²) < 4.78 is 5.51. The molecule has 0 radical (unpaired) electrons. The average Bonchev–Trinajstić information content (AvgIpc) is 2.27. The molecule has 0 aliphatic rings. The van der Waals surface area contributed by atoms with Gasteiger partial charge in [-0.25, -0.2) is 4.79 Å². The van der Waals surface area contributed by atoms with Gasteiger partial charge in [-0.15, -0.1) is 0 Å². The number of carbonyl (C=O) groups is 1. The highest BCUT2D eigenvalue weighted by Gasteiger charge is 2.04. The van der Waals surface area contributed by atoms with Gasteiger partial charge in [-0.05, 0) is 25.5 Å². The largest absolute Gasteiger partial charge is 0.478 e. The zero-order valence-electron chi connectivity index (χ0n) is 9.51. The maximum atomic E-state index is 10.6. The van der Waals surface area contributed by atoms with Crippen LogP contribution in [-0.2, 0) is 16.1 Å². The van der Waals surface area contributed by atoms with Gasteiger partial charge in [-0.1, -0.05) is 30.3 Å². The lowest BCUT2D eigenvalue weighted by Crippen LogP contribution is -2.08. The molecule has 0 saturated heterocycles. The van der Waals surface area contributed by atoms with Gasteiger partial charge in [0.1, 0.15) is 0 Å². The summed E-state index contributed by atoms with van der Waals surface area (Å²) in [5, 5.41) is 8.69. The Kier molecular flexibility index (Phi) is 4.73. The molecule has 0 aromatic heterocycles. The Morgan fingerprint density at radius 1 is 1.44 bits per heavy atom. The van der Waals surface area contributed by atoms with Crippen LogP contribution in [0, 0.1) is 0 Å². The minimum Gasteiger partial charge on any atom is -0.478 e. The first kappa shape index (κ1) is 12.5. The summed E-state index contributed by atoms with van der Waals surface area (Å²) >= 11 is 0. The predicted octanol–water partition coefficient (Wildman–Crippen LogP) is 2.62. The second-order valence-corrected chi connectivity index (χ2v) is 3.66. The fourth-order valence-electron chi connectivity index (χ4n) is 1.27. The zero-order chi connectivity index (χ0) is 12.0. The number of ether oxygens (including phenoxy) is 1. The summed E-state index contributed by atoms with van der Waals surface area (Å²) in [6.45, 7) is 3.88. The first-order valence-corrected chi connectivity index (χ1v) is 5.17. The Hall–Kier alpha value is -1.61. The smallest absolute Gasteiger partial charge is 0.331 e. The number of carboxylic acid groups (broad SMARTS) is 1. The van der Waals surface area contributed by atoms with Crippen LogP contribution in [0.25, 0.3) is 0 Å². The molecule has 0 bridgehead atoms. The topological polar surface area (TPSA) is 46.5 Å². The van der Waals surface area contributed by atoms with Crippen LogP contribution >= 0.6 is 0 Å². The number of rotatable bonds is 5. The van der Waals surface area contributed by atoms with Crippen molar-refractivity contribution >= 4 is 5.97 Å². The standard InChI is InChI=1S/C13H16O3/c1-10(13(14)15)8-11(2)16-9-12-6-4-3-5-7-12/h3-8,11H,9H2,1-2H3,(H,14,15)/t11-/m0/s1. The van der Waals surface area contributed by atoms with Gasteiger partial charge in [0.05, 0.1) is 12.7 Å². The molecule has 3 heteroatoms. The molecule has 86 valence electrons. The van der Waals surface area contributed by atoms with Gasteiger partial charge in [-0.2, -0.15) is 0 Å². The number of aliphatic carboxylic acids is 1. The van der Waals surface area contributed by atoms with E-state index in [2.05, 4.69) is 0 Å². The molecule has 1 aromatic carbocycles. The SMILES string of the molecule is CC(=C[C@H](C)OCc1ccccc1)C(=O)O. The molecule has 1 atom stereocenters. The Balaban J connectivity index is 2.45. The maximum absolute atomic E-state index is 10.6. The third kappa shape index (κ3) is 4.28. The van der Waals surface area contributed by atoms with Crippen molar-refractivity contribution in [3.8, 4) is 0 Å². The van der Waals surface area contributed by atoms with Gasteiger partial charge in [0.2, 0.25) is 0 Å². The molecule has 1 aromatic rings. The van der Waals surface area contributed by atoms with Crippen molar-refractivity contribution in [2.24, 2.45) is 0 Å². The van der Waals surface area contributed by atoms with E-state index in [4.69, 9.17) is 9.84 Å². The van der Waals surface area contributed by atoms with E-state index in [-0.39, 0.29) is 6.10 Å². The van der Waals surface area contributed by atoms with E-state index in [1.165, 1.54) is 0 Å². The predicted molar refractivity (Wildman–Crippen MR) is 62.1 cm³/mol. The minimum atomic E-state index is -0.907. The highest BCUT2D eigenvalue weighted by Crippen LogP contribution is 2.05. The van der Waals surface area contributed by atoms with Crippen molar-refractivity contribution in [2.45, 2.75) is 26.6 Å². The van der Waals surface area contributed by atoms with Crippen LogP contribution in [0.5, 0.6) is 0 Å². The number of benzene rings is 1. The molecule has 3 nitrogen and oxygen atoms in total. The number of hydrogen-bond acceptors (Lipinski definition) is 2. The van der Waals surface area contributed by atoms with E-state index in [1.807, 2.05) is 37.3 Å². The van der Waals surface area contributed by atoms with E-state index in [1.54, 1.807) is 13.0 Å². The lowest BCUT2D eigenvalue weighted by molar-refractivity contribution is -0.132. The van der Waals surface area contributed by atoms with Gasteiger partial charge >= 0.3 is 5.97 Å².